The average molecular weight is 470 g/mol. The van der Waals surface area contributed by atoms with Crippen molar-refractivity contribution >= 4 is 24.8 Å². The van der Waals surface area contributed by atoms with Crippen LogP contribution >= 0.6 is 0 Å². The van der Waals surface area contributed by atoms with Gasteiger partial charge in [0.2, 0.25) is 0 Å². The number of carbonyl (C=O) groups excluding carboxylic acids is 1. The summed E-state index contributed by atoms with van der Waals surface area (Å²) in [7, 11) is -2.75. The highest BCUT2D eigenvalue weighted by atomic mass is 28.4. The van der Waals surface area contributed by atoms with Gasteiger partial charge in [0.1, 0.15) is 5.60 Å². The first kappa shape index (κ1) is 25.5. The van der Waals surface area contributed by atoms with Gasteiger partial charge in [-0.3, -0.25) is 4.90 Å². The summed E-state index contributed by atoms with van der Waals surface area (Å²) in [5, 5.41) is 12.7. The molecule has 2 aromatic rings. The third kappa shape index (κ3) is 5.50. The Morgan fingerprint density at radius 2 is 1.45 bits per heavy atom. The molecule has 33 heavy (non-hydrogen) atoms. The Bertz CT molecular complexity index is 879. The number of hydrogen-bond donors (Lipinski definition) is 1. The zero-order valence-corrected chi connectivity index (χ0v) is 22.0. The Hall–Kier alpha value is -2.15. The lowest BCUT2D eigenvalue weighted by atomic mass is 10.1. The van der Waals surface area contributed by atoms with Crippen molar-refractivity contribution in [3.05, 3.63) is 60.7 Å². The standard InChI is InChI=1S/C27H39NO4Si/c1-20(29)24-18-21(19-28(24)25(30)31-26(2,3)4)32-33(27(5,6)7,22-14-10-8-11-15-22)23-16-12-9-13-17-23/h8-17,20-21,24,29H,18-19H2,1-7H3/t20-,21-,24-/m1/s1. The molecule has 0 unspecified atom stereocenters. The first-order valence-corrected chi connectivity index (χ1v) is 13.7. The maximum atomic E-state index is 13.0. The number of aliphatic hydroxyl groups is 1. The van der Waals surface area contributed by atoms with Crippen LogP contribution in [0.25, 0.3) is 0 Å². The van der Waals surface area contributed by atoms with E-state index < -0.39 is 26.1 Å². The molecule has 1 N–H and O–H groups in total. The summed E-state index contributed by atoms with van der Waals surface area (Å²) in [4.78, 5) is 14.6. The van der Waals surface area contributed by atoms with Crippen molar-refractivity contribution in [3.8, 4) is 0 Å². The van der Waals surface area contributed by atoms with Crippen molar-refractivity contribution in [1.29, 1.82) is 0 Å². The van der Waals surface area contributed by atoms with Gasteiger partial charge in [0, 0.05) is 6.54 Å². The third-order valence-electron chi connectivity index (χ3n) is 6.25. The first-order valence-electron chi connectivity index (χ1n) is 11.8. The second kappa shape index (κ2) is 9.61. The van der Waals surface area contributed by atoms with Gasteiger partial charge in [0.25, 0.3) is 8.32 Å². The molecule has 180 valence electrons. The summed E-state index contributed by atoms with van der Waals surface area (Å²) < 4.78 is 12.9. The van der Waals surface area contributed by atoms with E-state index in [1.807, 2.05) is 32.9 Å². The van der Waals surface area contributed by atoms with E-state index >= 15 is 0 Å². The van der Waals surface area contributed by atoms with Crippen LogP contribution in [-0.4, -0.2) is 54.8 Å². The van der Waals surface area contributed by atoms with Crippen LogP contribution in [0.1, 0.15) is 54.9 Å². The molecule has 0 aliphatic carbocycles. The molecule has 3 atom stereocenters. The Morgan fingerprint density at radius 3 is 1.85 bits per heavy atom. The maximum Gasteiger partial charge on any atom is 0.410 e. The van der Waals surface area contributed by atoms with E-state index in [9.17, 15) is 9.90 Å². The van der Waals surface area contributed by atoms with Gasteiger partial charge in [-0.05, 0) is 49.5 Å². The molecular formula is C27H39NO4Si. The number of amides is 1. The molecule has 5 nitrogen and oxygen atoms in total. The fraction of sp³-hybridized carbons (Fsp3) is 0.519. The zero-order valence-electron chi connectivity index (χ0n) is 21.0. The van der Waals surface area contributed by atoms with Crippen LogP contribution < -0.4 is 10.4 Å². The van der Waals surface area contributed by atoms with Crippen LogP contribution in [0.2, 0.25) is 5.04 Å². The summed E-state index contributed by atoms with van der Waals surface area (Å²) in [6.45, 7) is 14.4. The third-order valence-corrected chi connectivity index (χ3v) is 11.3. The predicted octanol–water partition coefficient (Wildman–Crippen LogP) is 4.32. The molecule has 1 amide bonds. The van der Waals surface area contributed by atoms with E-state index in [1.54, 1.807) is 11.8 Å². The van der Waals surface area contributed by atoms with Crippen LogP contribution in [0, 0.1) is 0 Å². The Balaban J connectivity index is 2.03. The highest BCUT2D eigenvalue weighted by Crippen LogP contribution is 2.39. The van der Waals surface area contributed by atoms with Gasteiger partial charge in [0.05, 0.1) is 18.2 Å². The molecule has 0 radical (unpaired) electrons. The molecule has 0 aromatic heterocycles. The van der Waals surface area contributed by atoms with Gasteiger partial charge in [-0.15, -0.1) is 0 Å². The molecule has 1 fully saturated rings. The van der Waals surface area contributed by atoms with E-state index in [4.69, 9.17) is 9.16 Å². The van der Waals surface area contributed by atoms with E-state index in [2.05, 4.69) is 69.3 Å². The number of rotatable bonds is 5. The topological polar surface area (TPSA) is 59.0 Å². The Labute approximate surface area is 199 Å². The Kier molecular flexibility index (Phi) is 7.41. The summed E-state index contributed by atoms with van der Waals surface area (Å²) in [6.07, 6.45) is -0.711. The van der Waals surface area contributed by atoms with Crippen molar-refractivity contribution in [2.45, 2.75) is 83.8 Å². The first-order chi connectivity index (χ1) is 15.3. The number of aliphatic hydroxyl groups excluding tert-OH is 1. The predicted molar refractivity (Wildman–Crippen MR) is 136 cm³/mol. The lowest BCUT2D eigenvalue weighted by molar-refractivity contribution is 0.00744. The minimum absolute atomic E-state index is 0.157. The maximum absolute atomic E-state index is 13.0. The van der Waals surface area contributed by atoms with Crippen molar-refractivity contribution in [1.82, 2.24) is 4.90 Å². The highest BCUT2D eigenvalue weighted by Gasteiger charge is 2.53. The van der Waals surface area contributed by atoms with Gasteiger partial charge in [-0.2, -0.15) is 0 Å². The van der Waals surface area contributed by atoms with Crippen molar-refractivity contribution < 1.29 is 19.1 Å². The van der Waals surface area contributed by atoms with Crippen molar-refractivity contribution in [2.75, 3.05) is 6.54 Å². The van der Waals surface area contributed by atoms with Gasteiger partial charge in [-0.1, -0.05) is 81.4 Å². The summed E-state index contributed by atoms with van der Waals surface area (Å²) in [5.74, 6) is 0. The molecule has 0 saturated carbocycles. The Morgan fingerprint density at radius 1 is 0.970 bits per heavy atom. The number of carbonyl (C=O) groups is 1. The van der Waals surface area contributed by atoms with Crippen LogP contribution in [0.5, 0.6) is 0 Å². The second-order valence-electron chi connectivity index (χ2n) is 11.1. The molecule has 0 spiro atoms. The van der Waals surface area contributed by atoms with Gasteiger partial charge >= 0.3 is 6.09 Å². The van der Waals surface area contributed by atoms with Crippen LogP contribution in [-0.2, 0) is 9.16 Å². The molecule has 3 rings (SSSR count). The molecule has 1 heterocycles. The van der Waals surface area contributed by atoms with Crippen molar-refractivity contribution in [2.24, 2.45) is 0 Å². The minimum atomic E-state index is -2.75. The number of hydrogen-bond acceptors (Lipinski definition) is 4. The summed E-state index contributed by atoms with van der Waals surface area (Å²) >= 11 is 0. The highest BCUT2D eigenvalue weighted by molar-refractivity contribution is 6.99. The quantitative estimate of drug-likeness (QED) is 0.663. The zero-order chi connectivity index (χ0) is 24.4. The fourth-order valence-corrected chi connectivity index (χ4v) is 9.53. The van der Waals surface area contributed by atoms with Crippen LogP contribution in [0.3, 0.4) is 0 Å². The second-order valence-corrected chi connectivity index (χ2v) is 15.3. The molecule has 1 aliphatic heterocycles. The average Bonchev–Trinajstić information content (AvgIpc) is 3.16. The van der Waals surface area contributed by atoms with E-state index in [1.165, 1.54) is 10.4 Å². The van der Waals surface area contributed by atoms with E-state index in [-0.39, 0.29) is 17.2 Å². The summed E-state index contributed by atoms with van der Waals surface area (Å²) in [6, 6.07) is 20.6. The molecule has 1 saturated heterocycles. The summed E-state index contributed by atoms with van der Waals surface area (Å²) in [5.41, 5.74) is -0.600. The fourth-order valence-electron chi connectivity index (χ4n) is 4.84. The molecule has 0 bridgehead atoms. The number of nitrogens with zero attached hydrogens (tertiary/aromatic N) is 1. The molecule has 6 heteroatoms. The van der Waals surface area contributed by atoms with Crippen LogP contribution in [0.15, 0.2) is 60.7 Å². The molecule has 1 aliphatic rings. The van der Waals surface area contributed by atoms with Crippen molar-refractivity contribution in [3.63, 3.8) is 0 Å². The van der Waals surface area contributed by atoms with Crippen LogP contribution in [0.4, 0.5) is 4.79 Å². The van der Waals surface area contributed by atoms with Gasteiger partial charge < -0.3 is 14.3 Å². The van der Waals surface area contributed by atoms with Gasteiger partial charge in [0.15, 0.2) is 0 Å². The largest absolute Gasteiger partial charge is 0.444 e. The number of likely N-dealkylation sites (tertiary alicyclic amines) is 1. The van der Waals surface area contributed by atoms with E-state index in [0.29, 0.717) is 13.0 Å². The smallest absolute Gasteiger partial charge is 0.410 e. The van der Waals surface area contributed by atoms with E-state index in [0.717, 1.165) is 0 Å². The normalized spacial score (nSPS) is 20.5. The number of benzene rings is 2. The SMILES string of the molecule is C[C@@H](O)[C@H]1C[C@@H](O[Si](c2ccccc2)(c2ccccc2)C(C)(C)C)CN1C(=O)OC(C)(C)C. The monoisotopic (exact) mass is 469 g/mol. The van der Waals surface area contributed by atoms with Gasteiger partial charge in [-0.25, -0.2) is 4.79 Å². The minimum Gasteiger partial charge on any atom is -0.444 e. The lowest BCUT2D eigenvalue weighted by Gasteiger charge is -2.44. The molecule has 2 aromatic carbocycles. The number of ether oxygens (including phenoxy) is 1. The molecular weight excluding hydrogens is 430 g/mol. The lowest BCUT2D eigenvalue weighted by Crippen LogP contribution is -2.67.